The number of hydrogen-bond donors (Lipinski definition) is 0. The molecule has 2 aliphatic carbocycles. The molecule has 1 heteroatoms. The maximum Gasteiger partial charge on any atom is -0.0197 e. The smallest absolute Gasteiger partial charge is 0.0197 e. The Kier molecular flexibility index (Phi) is 9.57. The molecule has 0 N–H and O–H groups in total. The number of fused-ring (bicyclic) bond motifs is 3. The van der Waals surface area contributed by atoms with Crippen LogP contribution in [0.3, 0.4) is 0 Å². The third kappa shape index (κ3) is 7.09. The van der Waals surface area contributed by atoms with E-state index in [4.69, 9.17) is 0 Å². The van der Waals surface area contributed by atoms with Crippen LogP contribution < -0.4 is 0 Å². The fourth-order valence-corrected chi connectivity index (χ4v) is 5.98. The summed E-state index contributed by atoms with van der Waals surface area (Å²) in [5, 5.41) is 5.27. The molecule has 0 spiro atoms. The van der Waals surface area contributed by atoms with Crippen molar-refractivity contribution in [2.75, 3.05) is 0 Å². The minimum absolute atomic E-state index is 1.01. The largest absolute Gasteiger partial charge is 0.126 e. The van der Waals surface area contributed by atoms with Gasteiger partial charge in [0, 0.05) is 0 Å². The van der Waals surface area contributed by atoms with Crippen molar-refractivity contribution in [2.45, 2.75) is 44.9 Å². The summed E-state index contributed by atoms with van der Waals surface area (Å²) in [5.41, 5.74) is 5.06. The Bertz CT molecular complexity index is 1420. The van der Waals surface area contributed by atoms with E-state index in [0.717, 1.165) is 6.42 Å². The van der Waals surface area contributed by atoms with E-state index in [1.165, 1.54) is 82.3 Å². The molecule has 2 aliphatic rings. The van der Waals surface area contributed by atoms with Gasteiger partial charge in [-0.25, -0.2) is 12.2 Å². The predicted molar refractivity (Wildman–Crippen MR) is 162 cm³/mol. The van der Waals surface area contributed by atoms with E-state index < -0.39 is 0 Å². The Morgan fingerprint density at radius 3 is 1.53 bits per heavy atom. The van der Waals surface area contributed by atoms with Crippen molar-refractivity contribution in [1.29, 1.82) is 0 Å². The van der Waals surface area contributed by atoms with E-state index in [-0.39, 0.29) is 0 Å². The molecule has 0 atom stereocenters. The molecule has 5 aromatic rings. The van der Waals surface area contributed by atoms with Crippen LogP contribution in [0, 0.1) is 6.08 Å². The molecule has 0 amide bonds. The zero-order valence-electron chi connectivity index (χ0n) is 22.0. The molecule has 1 fully saturated rings. The van der Waals surface area contributed by atoms with E-state index in [9.17, 15) is 0 Å². The Hall–Kier alpha value is -3.02. The fourth-order valence-electron chi connectivity index (χ4n) is 5.11. The van der Waals surface area contributed by atoms with Crippen molar-refractivity contribution in [3.8, 4) is 22.3 Å². The summed E-state index contributed by atoms with van der Waals surface area (Å²) < 4.78 is 1.81. The van der Waals surface area contributed by atoms with Gasteiger partial charge < -0.3 is 0 Å². The molecule has 5 aromatic carbocycles. The van der Waals surface area contributed by atoms with Crippen LogP contribution >= 0.6 is 0 Å². The van der Waals surface area contributed by atoms with Gasteiger partial charge in [0.05, 0.1) is 0 Å². The molecule has 186 valence electrons. The van der Waals surface area contributed by atoms with E-state index in [1.54, 1.807) is 24.2 Å². The van der Waals surface area contributed by atoms with Gasteiger partial charge >= 0.3 is 66.0 Å². The van der Waals surface area contributed by atoms with Crippen molar-refractivity contribution in [1.82, 2.24) is 0 Å². The Labute approximate surface area is 242 Å². The molecule has 1 saturated carbocycles. The first-order valence-corrected chi connectivity index (χ1v) is 15.0. The number of benzene rings is 4. The van der Waals surface area contributed by atoms with Crippen LogP contribution in [-0.4, -0.2) is 3.21 Å². The zero-order valence-corrected chi connectivity index (χ0v) is 24.5. The van der Waals surface area contributed by atoms with E-state index in [0.29, 0.717) is 0 Å². The standard InChI is InChI=1S/C25H17.C7H12.C5H5.Zr/c1-3-7-18(8-4-1)20-11-13-22-15-23-14-12-21(17-25(23)24(22)16-20)19-9-5-2-6-10-19;1-2-4-6-7-5-3-1;1-2-4-5-3-1;/h1-17H;1-6H2;1-3H,4H2;/q-1;;-1;+2. The van der Waals surface area contributed by atoms with Crippen LogP contribution in [0.2, 0.25) is 0 Å². The van der Waals surface area contributed by atoms with Gasteiger partial charge in [-0.2, -0.15) is 6.08 Å². The van der Waals surface area contributed by atoms with Gasteiger partial charge in [0.25, 0.3) is 0 Å². The summed E-state index contributed by atoms with van der Waals surface area (Å²) in [6.45, 7) is 0. The Morgan fingerprint density at radius 2 is 1.11 bits per heavy atom. The molecule has 0 radical (unpaired) electrons. The van der Waals surface area contributed by atoms with Gasteiger partial charge in [-0.3, -0.25) is 6.08 Å². The van der Waals surface area contributed by atoms with Crippen LogP contribution in [0.15, 0.2) is 121 Å². The summed E-state index contributed by atoms with van der Waals surface area (Å²) in [6, 6.07) is 37.0. The maximum absolute atomic E-state index is 2.99. The van der Waals surface area contributed by atoms with Gasteiger partial charge in [0.1, 0.15) is 0 Å². The second kappa shape index (κ2) is 13.7. The van der Waals surface area contributed by atoms with Gasteiger partial charge in [0.2, 0.25) is 0 Å². The van der Waals surface area contributed by atoms with E-state index in [1.807, 2.05) is 15.4 Å². The first-order chi connectivity index (χ1) is 18.8. The van der Waals surface area contributed by atoms with Gasteiger partial charge in [-0.15, -0.1) is 46.2 Å². The minimum atomic E-state index is 1.01. The third-order valence-electron chi connectivity index (χ3n) is 7.21. The molecule has 38 heavy (non-hydrogen) atoms. The third-order valence-corrected chi connectivity index (χ3v) is 8.44. The molecule has 0 saturated heterocycles. The quantitative estimate of drug-likeness (QED) is 0.146. The van der Waals surface area contributed by atoms with Crippen molar-refractivity contribution in [2.24, 2.45) is 0 Å². The normalized spacial score (nSPS) is 14.5. The summed E-state index contributed by atoms with van der Waals surface area (Å²) in [5.74, 6) is 0. The summed E-state index contributed by atoms with van der Waals surface area (Å²) in [6.07, 6.45) is 18.8. The zero-order chi connectivity index (χ0) is 26.0. The minimum Gasteiger partial charge on any atom is -0.126 e. The Morgan fingerprint density at radius 1 is 0.579 bits per heavy atom. The fraction of sp³-hybridized carbons (Fsp3) is 0.189. The molecule has 0 aromatic heterocycles. The van der Waals surface area contributed by atoms with Crippen molar-refractivity contribution < 1.29 is 24.2 Å². The number of rotatable bonds is 2. The van der Waals surface area contributed by atoms with E-state index >= 15 is 0 Å². The number of hydrogen-bond acceptors (Lipinski definition) is 0. The molecule has 0 nitrogen and oxygen atoms in total. The predicted octanol–water partition coefficient (Wildman–Crippen LogP) is 10.4. The molecule has 0 unspecified atom stereocenters. The molecule has 0 heterocycles. The van der Waals surface area contributed by atoms with Gasteiger partial charge in [0.15, 0.2) is 0 Å². The molecular formula is C37H34Zr. The van der Waals surface area contributed by atoms with Crippen LogP contribution in [0.25, 0.3) is 43.8 Å². The molecule has 0 aliphatic heterocycles. The average molecular weight is 570 g/mol. The van der Waals surface area contributed by atoms with Crippen LogP contribution in [-0.2, 0) is 24.2 Å². The van der Waals surface area contributed by atoms with Crippen molar-refractivity contribution in [3.63, 3.8) is 0 Å². The summed E-state index contributed by atoms with van der Waals surface area (Å²) in [7, 11) is 0. The molecular weight excluding hydrogens is 536 g/mol. The first-order valence-electron chi connectivity index (χ1n) is 13.8. The maximum atomic E-state index is 2.99. The van der Waals surface area contributed by atoms with Gasteiger partial charge in [-0.1, -0.05) is 84.9 Å². The van der Waals surface area contributed by atoms with Crippen molar-refractivity contribution >= 4 is 24.8 Å². The molecule has 7 rings (SSSR count). The summed E-state index contributed by atoms with van der Waals surface area (Å²) in [4.78, 5) is 0. The summed E-state index contributed by atoms with van der Waals surface area (Å²) >= 11 is 1.69. The van der Waals surface area contributed by atoms with Gasteiger partial charge in [-0.05, 0) is 22.3 Å². The first kappa shape index (κ1) is 26.6. The number of allylic oxidation sites excluding steroid dienone is 4. The monoisotopic (exact) mass is 568 g/mol. The Balaban J connectivity index is 0.000000185. The van der Waals surface area contributed by atoms with Crippen molar-refractivity contribution in [3.05, 3.63) is 127 Å². The van der Waals surface area contributed by atoms with E-state index in [2.05, 4.69) is 115 Å². The van der Waals surface area contributed by atoms with Crippen LogP contribution in [0.4, 0.5) is 0 Å². The topological polar surface area (TPSA) is 0 Å². The second-order valence-corrected chi connectivity index (χ2v) is 11.7. The van der Waals surface area contributed by atoms with Crippen LogP contribution in [0.1, 0.15) is 44.9 Å². The SMILES string of the molecule is [C-]1=CC=CC1.[Zr+2]=[C]1CCCCCC1.c1ccc(-c2ccc3[cH-]c4ccc(-c5ccccc5)cc4c3c2)cc1. The second-order valence-electron chi connectivity index (χ2n) is 10.0. The average Bonchev–Trinajstić information content (AvgIpc) is 3.62. The van der Waals surface area contributed by atoms with Crippen LogP contribution in [0.5, 0.6) is 0 Å². The molecule has 0 bridgehead atoms.